The van der Waals surface area contributed by atoms with Crippen LogP contribution in [0.15, 0.2) is 12.4 Å². The van der Waals surface area contributed by atoms with Gasteiger partial charge < -0.3 is 10.1 Å². The van der Waals surface area contributed by atoms with Crippen molar-refractivity contribution < 1.29 is 9.53 Å². The molecule has 3 rings (SSSR count). The lowest BCUT2D eigenvalue weighted by Crippen LogP contribution is -2.53. The lowest BCUT2D eigenvalue weighted by molar-refractivity contribution is -0.129. The SMILES string of the molecule is CCc1cnc(OC2CCN(C3CCCNC3=O)CC2)nc1. The number of likely N-dealkylation sites (tertiary alicyclic amines) is 1. The van der Waals surface area contributed by atoms with Gasteiger partial charge in [-0.15, -0.1) is 0 Å². The zero-order valence-electron chi connectivity index (χ0n) is 13.1. The maximum atomic E-state index is 11.9. The second-order valence-electron chi connectivity index (χ2n) is 6.03. The summed E-state index contributed by atoms with van der Waals surface area (Å²) >= 11 is 0. The van der Waals surface area contributed by atoms with E-state index in [2.05, 4.69) is 27.1 Å². The van der Waals surface area contributed by atoms with Crippen LogP contribution in [0, 0.1) is 0 Å². The fourth-order valence-corrected chi connectivity index (χ4v) is 3.15. The summed E-state index contributed by atoms with van der Waals surface area (Å²) in [5, 5.41) is 2.96. The second-order valence-corrected chi connectivity index (χ2v) is 6.03. The number of carbonyl (C=O) groups excluding carboxylic acids is 1. The highest BCUT2D eigenvalue weighted by Gasteiger charge is 2.31. The Hall–Kier alpha value is -1.69. The summed E-state index contributed by atoms with van der Waals surface area (Å²) in [6.07, 6.45) is 8.61. The van der Waals surface area contributed by atoms with Gasteiger partial charge in [-0.3, -0.25) is 9.69 Å². The Balaban J connectivity index is 1.49. The Kier molecular flexibility index (Phi) is 4.87. The molecule has 2 saturated heterocycles. The minimum absolute atomic E-state index is 0.0507. The van der Waals surface area contributed by atoms with Crippen molar-refractivity contribution in [3.8, 4) is 6.01 Å². The standard InChI is InChI=1S/C16H24N4O2/c1-2-12-10-18-16(19-11-12)22-13-5-8-20(9-6-13)14-4-3-7-17-15(14)21/h10-11,13-14H,2-9H2,1H3,(H,17,21). The smallest absolute Gasteiger partial charge is 0.316 e. The van der Waals surface area contributed by atoms with Crippen LogP contribution in [0.25, 0.3) is 0 Å². The van der Waals surface area contributed by atoms with Gasteiger partial charge in [0, 0.05) is 32.0 Å². The van der Waals surface area contributed by atoms with Gasteiger partial charge in [0.25, 0.3) is 0 Å². The number of carbonyl (C=O) groups is 1. The first-order valence-electron chi connectivity index (χ1n) is 8.25. The van der Waals surface area contributed by atoms with Crippen LogP contribution in [0.5, 0.6) is 6.01 Å². The third-order valence-electron chi connectivity index (χ3n) is 4.54. The van der Waals surface area contributed by atoms with Gasteiger partial charge in [-0.05, 0) is 37.7 Å². The van der Waals surface area contributed by atoms with E-state index >= 15 is 0 Å². The van der Waals surface area contributed by atoms with Crippen molar-refractivity contribution in [2.45, 2.75) is 51.2 Å². The van der Waals surface area contributed by atoms with Crippen LogP contribution in [0.2, 0.25) is 0 Å². The number of piperidine rings is 2. The van der Waals surface area contributed by atoms with Gasteiger partial charge in [0.2, 0.25) is 5.91 Å². The molecule has 0 saturated carbocycles. The van der Waals surface area contributed by atoms with Gasteiger partial charge in [0.05, 0.1) is 6.04 Å². The van der Waals surface area contributed by atoms with E-state index in [0.29, 0.717) is 6.01 Å². The van der Waals surface area contributed by atoms with Crippen molar-refractivity contribution in [3.63, 3.8) is 0 Å². The van der Waals surface area contributed by atoms with E-state index in [1.807, 2.05) is 12.4 Å². The third kappa shape index (κ3) is 3.55. The Morgan fingerprint density at radius 3 is 2.64 bits per heavy atom. The van der Waals surface area contributed by atoms with Crippen molar-refractivity contribution >= 4 is 5.91 Å². The van der Waals surface area contributed by atoms with Crippen molar-refractivity contribution in [2.75, 3.05) is 19.6 Å². The van der Waals surface area contributed by atoms with E-state index < -0.39 is 0 Å². The number of rotatable bonds is 4. The Morgan fingerprint density at radius 2 is 2.00 bits per heavy atom. The average molecular weight is 304 g/mol. The third-order valence-corrected chi connectivity index (χ3v) is 4.54. The molecular formula is C16H24N4O2. The minimum Gasteiger partial charge on any atom is -0.460 e. The highest BCUT2D eigenvalue weighted by atomic mass is 16.5. The van der Waals surface area contributed by atoms with Gasteiger partial charge in [0.1, 0.15) is 6.10 Å². The van der Waals surface area contributed by atoms with E-state index in [4.69, 9.17) is 4.74 Å². The first-order chi connectivity index (χ1) is 10.8. The predicted octanol–water partition coefficient (Wildman–Crippen LogP) is 1.16. The molecule has 0 radical (unpaired) electrons. The van der Waals surface area contributed by atoms with Crippen molar-refractivity contribution in [3.05, 3.63) is 18.0 Å². The fraction of sp³-hybridized carbons (Fsp3) is 0.688. The number of amides is 1. The molecular weight excluding hydrogens is 280 g/mol. The normalized spacial score (nSPS) is 24.0. The van der Waals surface area contributed by atoms with Gasteiger partial charge in [-0.1, -0.05) is 6.92 Å². The summed E-state index contributed by atoms with van der Waals surface area (Å²) in [4.78, 5) is 22.7. The number of aryl methyl sites for hydroxylation is 1. The van der Waals surface area contributed by atoms with Crippen LogP contribution in [-0.4, -0.2) is 52.6 Å². The van der Waals surface area contributed by atoms with Crippen LogP contribution in [0.3, 0.4) is 0 Å². The largest absolute Gasteiger partial charge is 0.460 e. The molecule has 120 valence electrons. The molecule has 2 aliphatic heterocycles. The molecule has 2 aliphatic rings. The summed E-state index contributed by atoms with van der Waals surface area (Å²) in [6.45, 7) is 4.70. The first-order valence-corrected chi connectivity index (χ1v) is 8.25. The monoisotopic (exact) mass is 304 g/mol. The summed E-state index contributed by atoms with van der Waals surface area (Å²) in [5.74, 6) is 0.184. The highest BCUT2D eigenvalue weighted by molar-refractivity contribution is 5.82. The summed E-state index contributed by atoms with van der Waals surface area (Å²) in [5.41, 5.74) is 1.12. The van der Waals surface area contributed by atoms with Gasteiger partial charge in [0.15, 0.2) is 0 Å². The molecule has 1 atom stereocenters. The first kappa shape index (κ1) is 15.2. The molecule has 6 nitrogen and oxygen atoms in total. The van der Waals surface area contributed by atoms with E-state index in [0.717, 1.165) is 57.3 Å². The molecule has 22 heavy (non-hydrogen) atoms. The van der Waals surface area contributed by atoms with E-state index in [1.54, 1.807) is 0 Å². The summed E-state index contributed by atoms with van der Waals surface area (Å²) in [7, 11) is 0. The summed E-state index contributed by atoms with van der Waals surface area (Å²) < 4.78 is 5.87. The number of hydrogen-bond donors (Lipinski definition) is 1. The molecule has 0 spiro atoms. The number of ether oxygens (including phenoxy) is 1. The molecule has 0 aliphatic carbocycles. The maximum absolute atomic E-state index is 11.9. The highest BCUT2D eigenvalue weighted by Crippen LogP contribution is 2.20. The molecule has 2 fully saturated rings. The minimum atomic E-state index is 0.0507. The Labute approximate surface area is 131 Å². The van der Waals surface area contributed by atoms with Crippen LogP contribution in [-0.2, 0) is 11.2 Å². The molecule has 0 bridgehead atoms. The van der Waals surface area contributed by atoms with Crippen LogP contribution in [0.1, 0.15) is 38.2 Å². The number of nitrogens with one attached hydrogen (secondary N) is 1. The number of nitrogens with zero attached hydrogens (tertiary/aromatic N) is 3. The van der Waals surface area contributed by atoms with Crippen LogP contribution < -0.4 is 10.1 Å². The number of aromatic nitrogens is 2. The van der Waals surface area contributed by atoms with Gasteiger partial charge in [-0.25, -0.2) is 9.97 Å². The van der Waals surface area contributed by atoms with Crippen molar-refractivity contribution in [1.29, 1.82) is 0 Å². The molecule has 1 aromatic heterocycles. The molecule has 6 heteroatoms. The maximum Gasteiger partial charge on any atom is 0.316 e. The molecule has 3 heterocycles. The summed E-state index contributed by atoms with van der Waals surface area (Å²) in [6, 6.07) is 0.515. The van der Waals surface area contributed by atoms with Crippen molar-refractivity contribution in [1.82, 2.24) is 20.2 Å². The molecule has 1 aromatic rings. The molecule has 1 amide bonds. The Morgan fingerprint density at radius 1 is 1.27 bits per heavy atom. The van der Waals surface area contributed by atoms with Gasteiger partial charge in [-0.2, -0.15) is 0 Å². The van der Waals surface area contributed by atoms with Crippen LogP contribution >= 0.6 is 0 Å². The van der Waals surface area contributed by atoms with Crippen LogP contribution in [0.4, 0.5) is 0 Å². The zero-order valence-corrected chi connectivity index (χ0v) is 13.1. The molecule has 0 aromatic carbocycles. The lowest BCUT2D eigenvalue weighted by Gasteiger charge is -2.38. The topological polar surface area (TPSA) is 67.3 Å². The lowest BCUT2D eigenvalue weighted by atomic mass is 10.00. The molecule has 1 N–H and O–H groups in total. The quantitative estimate of drug-likeness (QED) is 0.904. The predicted molar refractivity (Wildman–Crippen MR) is 82.7 cm³/mol. The second kappa shape index (κ2) is 7.05. The van der Waals surface area contributed by atoms with E-state index in [-0.39, 0.29) is 18.1 Å². The average Bonchev–Trinajstić information content (AvgIpc) is 2.57. The Bertz CT molecular complexity index is 497. The number of hydrogen-bond acceptors (Lipinski definition) is 5. The van der Waals surface area contributed by atoms with E-state index in [9.17, 15) is 4.79 Å². The van der Waals surface area contributed by atoms with Gasteiger partial charge >= 0.3 is 6.01 Å². The van der Waals surface area contributed by atoms with Crippen molar-refractivity contribution in [2.24, 2.45) is 0 Å². The van der Waals surface area contributed by atoms with E-state index in [1.165, 1.54) is 0 Å². The zero-order chi connectivity index (χ0) is 15.4. The molecule has 1 unspecified atom stereocenters. The fourth-order valence-electron chi connectivity index (χ4n) is 3.15.